The molecule has 0 radical (unpaired) electrons. The van der Waals surface area contributed by atoms with Crippen LogP contribution >= 0.6 is 11.8 Å². The van der Waals surface area contributed by atoms with Crippen molar-refractivity contribution in [1.82, 2.24) is 14.8 Å². The molecule has 176 valence electrons. The van der Waals surface area contributed by atoms with Gasteiger partial charge >= 0.3 is 5.97 Å². The quantitative estimate of drug-likeness (QED) is 0.0970. The number of carbonyl (C=O) groups is 1. The van der Waals surface area contributed by atoms with Gasteiger partial charge in [0.25, 0.3) is 5.69 Å². The van der Waals surface area contributed by atoms with Crippen LogP contribution in [0.4, 0.5) is 11.4 Å². The first-order valence-corrected chi connectivity index (χ1v) is 11.4. The lowest BCUT2D eigenvalue weighted by atomic mass is 10.2. The third-order valence-corrected chi connectivity index (χ3v) is 5.59. The van der Waals surface area contributed by atoms with Gasteiger partial charge in [-0.3, -0.25) is 20.1 Å². The Morgan fingerprint density at radius 1 is 1.03 bits per heavy atom. The minimum absolute atomic E-state index is 0.0887. The number of carbonyl (C=O) groups excluding carboxylic acids is 1. The average Bonchev–Trinajstić information content (AvgIpc) is 3.31. The Bertz CT molecular complexity index is 1360. The van der Waals surface area contributed by atoms with Gasteiger partial charge < -0.3 is 4.74 Å². The van der Waals surface area contributed by atoms with Crippen LogP contribution in [0.15, 0.2) is 95.2 Å². The molecular formula is C24H20N6O4S. The SMILES string of the molecule is CCOC(=O)C(=NNc1ccccc1[N+](=O)[O-])Sc1nnc(-c2ccccc2)n1-c1ccccc1. The maximum Gasteiger partial charge on any atom is 0.365 e. The van der Waals surface area contributed by atoms with E-state index in [0.717, 1.165) is 23.0 Å². The molecule has 0 fully saturated rings. The molecule has 0 spiro atoms. The highest BCUT2D eigenvalue weighted by molar-refractivity contribution is 8.15. The maximum absolute atomic E-state index is 12.7. The second kappa shape index (κ2) is 11.1. The van der Waals surface area contributed by atoms with Crippen molar-refractivity contribution in [1.29, 1.82) is 0 Å². The number of anilines is 1. The molecule has 0 aliphatic rings. The van der Waals surface area contributed by atoms with Crippen LogP contribution in [0.5, 0.6) is 0 Å². The van der Waals surface area contributed by atoms with Crippen LogP contribution in [-0.2, 0) is 9.53 Å². The molecule has 0 atom stereocenters. The van der Waals surface area contributed by atoms with Gasteiger partial charge in [-0.15, -0.1) is 10.2 Å². The van der Waals surface area contributed by atoms with Gasteiger partial charge in [0.15, 0.2) is 5.82 Å². The van der Waals surface area contributed by atoms with Crippen molar-refractivity contribution in [3.8, 4) is 17.1 Å². The molecule has 0 bridgehead atoms. The summed E-state index contributed by atoms with van der Waals surface area (Å²) in [5.74, 6) is -0.123. The zero-order chi connectivity index (χ0) is 24.6. The summed E-state index contributed by atoms with van der Waals surface area (Å²) in [4.78, 5) is 23.5. The molecule has 0 aliphatic heterocycles. The van der Waals surface area contributed by atoms with Crippen LogP contribution in [0.1, 0.15) is 6.92 Å². The molecule has 1 heterocycles. The van der Waals surface area contributed by atoms with Gasteiger partial charge in [-0.1, -0.05) is 60.7 Å². The summed E-state index contributed by atoms with van der Waals surface area (Å²) in [6.45, 7) is 1.81. The predicted molar refractivity (Wildman–Crippen MR) is 133 cm³/mol. The van der Waals surface area contributed by atoms with Crippen LogP contribution in [0.2, 0.25) is 0 Å². The molecule has 0 saturated carbocycles. The largest absolute Gasteiger partial charge is 0.461 e. The topological polar surface area (TPSA) is 125 Å². The Hall–Kier alpha value is -4.51. The number of nitro groups is 1. The molecular weight excluding hydrogens is 468 g/mol. The lowest BCUT2D eigenvalue weighted by molar-refractivity contribution is -0.384. The van der Waals surface area contributed by atoms with Crippen molar-refractivity contribution < 1.29 is 14.5 Å². The number of esters is 1. The van der Waals surface area contributed by atoms with E-state index in [9.17, 15) is 14.9 Å². The van der Waals surface area contributed by atoms with E-state index in [2.05, 4.69) is 20.7 Å². The van der Waals surface area contributed by atoms with E-state index in [1.165, 1.54) is 12.1 Å². The summed E-state index contributed by atoms with van der Waals surface area (Å²) in [5.41, 5.74) is 4.20. The molecule has 0 saturated heterocycles. The minimum atomic E-state index is -0.701. The van der Waals surface area contributed by atoms with Gasteiger partial charge in [-0.25, -0.2) is 4.79 Å². The summed E-state index contributed by atoms with van der Waals surface area (Å²) in [7, 11) is 0. The fourth-order valence-corrected chi connectivity index (χ4v) is 3.92. The summed E-state index contributed by atoms with van der Waals surface area (Å²) in [6.07, 6.45) is 0. The zero-order valence-corrected chi connectivity index (χ0v) is 19.4. The van der Waals surface area contributed by atoms with Crippen molar-refractivity contribution in [2.45, 2.75) is 12.1 Å². The van der Waals surface area contributed by atoms with Gasteiger partial charge in [0.2, 0.25) is 10.2 Å². The third-order valence-electron chi connectivity index (χ3n) is 4.70. The van der Waals surface area contributed by atoms with E-state index in [1.807, 2.05) is 60.7 Å². The number of nitrogens with one attached hydrogen (secondary N) is 1. The second-order valence-electron chi connectivity index (χ2n) is 6.97. The number of aromatic nitrogens is 3. The first-order chi connectivity index (χ1) is 17.1. The monoisotopic (exact) mass is 488 g/mol. The number of rotatable bonds is 7. The van der Waals surface area contributed by atoms with Crippen molar-refractivity contribution in [2.24, 2.45) is 5.10 Å². The van der Waals surface area contributed by atoms with Crippen LogP contribution < -0.4 is 5.43 Å². The molecule has 35 heavy (non-hydrogen) atoms. The molecule has 4 rings (SSSR count). The Labute approximate surface area is 204 Å². The fraction of sp³-hybridized carbons (Fsp3) is 0.0833. The predicted octanol–water partition coefficient (Wildman–Crippen LogP) is 4.92. The van der Waals surface area contributed by atoms with Gasteiger partial charge in [0, 0.05) is 17.3 Å². The number of hydrogen-bond donors (Lipinski definition) is 1. The first kappa shape index (κ1) is 23.6. The van der Waals surface area contributed by atoms with Gasteiger partial charge in [-0.2, -0.15) is 5.10 Å². The van der Waals surface area contributed by atoms with Crippen molar-refractivity contribution in [3.05, 3.63) is 95.0 Å². The molecule has 11 heteroatoms. The minimum Gasteiger partial charge on any atom is -0.461 e. The zero-order valence-electron chi connectivity index (χ0n) is 18.6. The van der Waals surface area contributed by atoms with Crippen LogP contribution in [-0.4, -0.2) is 37.3 Å². The number of benzene rings is 3. The van der Waals surface area contributed by atoms with E-state index in [4.69, 9.17) is 4.74 Å². The maximum atomic E-state index is 12.7. The Kier molecular flexibility index (Phi) is 7.48. The van der Waals surface area contributed by atoms with Crippen LogP contribution in [0.3, 0.4) is 0 Å². The highest BCUT2D eigenvalue weighted by Gasteiger charge is 2.23. The molecule has 1 N–H and O–H groups in total. The summed E-state index contributed by atoms with van der Waals surface area (Å²) in [5, 5.41) is 24.4. The normalized spacial score (nSPS) is 11.2. The lowest BCUT2D eigenvalue weighted by Crippen LogP contribution is -2.17. The Morgan fingerprint density at radius 2 is 1.69 bits per heavy atom. The Balaban J connectivity index is 1.75. The number of thioether (sulfide) groups is 1. The fourth-order valence-electron chi connectivity index (χ4n) is 3.15. The van der Waals surface area contributed by atoms with Gasteiger partial charge in [-0.05, 0) is 36.9 Å². The Morgan fingerprint density at radius 3 is 2.37 bits per heavy atom. The van der Waals surface area contributed by atoms with E-state index < -0.39 is 10.9 Å². The van der Waals surface area contributed by atoms with E-state index in [0.29, 0.717) is 11.0 Å². The standard InChI is InChI=1S/C24H20N6O4S/c1-2-34-23(31)22(27-25-19-15-9-10-16-20(19)30(32)33)35-24-28-26-21(17-11-5-3-6-12-17)29(24)18-13-7-4-8-14-18/h3-16,25H,2H2,1H3. The molecule has 4 aromatic rings. The number of hydrazone groups is 1. The average molecular weight is 489 g/mol. The van der Waals surface area contributed by atoms with Gasteiger partial charge in [0.1, 0.15) is 5.69 Å². The van der Waals surface area contributed by atoms with E-state index in [1.54, 1.807) is 23.6 Å². The number of hydrogen-bond acceptors (Lipinski definition) is 9. The second-order valence-corrected chi connectivity index (χ2v) is 7.92. The van der Waals surface area contributed by atoms with Crippen molar-refractivity contribution >= 4 is 34.1 Å². The molecule has 1 aromatic heterocycles. The summed E-state index contributed by atoms with van der Waals surface area (Å²) < 4.78 is 6.96. The van der Waals surface area contributed by atoms with Crippen molar-refractivity contribution in [3.63, 3.8) is 0 Å². The van der Waals surface area contributed by atoms with Gasteiger partial charge in [0.05, 0.1) is 11.5 Å². The third kappa shape index (κ3) is 5.53. The number of para-hydroxylation sites is 3. The van der Waals surface area contributed by atoms with Crippen LogP contribution in [0.25, 0.3) is 17.1 Å². The lowest BCUT2D eigenvalue weighted by Gasteiger charge is -2.11. The first-order valence-electron chi connectivity index (χ1n) is 10.6. The molecule has 0 amide bonds. The van der Waals surface area contributed by atoms with Crippen LogP contribution in [0, 0.1) is 10.1 Å². The van der Waals surface area contributed by atoms with E-state index >= 15 is 0 Å². The summed E-state index contributed by atoms with van der Waals surface area (Å²) >= 11 is 0.940. The molecule has 0 aliphatic carbocycles. The van der Waals surface area contributed by atoms with Crippen molar-refractivity contribution in [2.75, 3.05) is 12.0 Å². The number of nitro benzene ring substituents is 1. The van der Waals surface area contributed by atoms with E-state index in [-0.39, 0.29) is 23.0 Å². The summed E-state index contributed by atoms with van der Waals surface area (Å²) in [6, 6.07) is 25.0. The molecule has 0 unspecified atom stereocenters. The smallest absolute Gasteiger partial charge is 0.365 e. The number of ether oxygens (including phenoxy) is 1. The number of nitrogens with zero attached hydrogens (tertiary/aromatic N) is 5. The molecule has 10 nitrogen and oxygen atoms in total. The highest BCUT2D eigenvalue weighted by atomic mass is 32.2. The highest BCUT2D eigenvalue weighted by Crippen LogP contribution is 2.29. The molecule has 3 aromatic carbocycles.